The van der Waals surface area contributed by atoms with Gasteiger partial charge in [-0.25, -0.2) is 0 Å². The van der Waals surface area contributed by atoms with Crippen molar-refractivity contribution in [3.05, 3.63) is 22.8 Å². The van der Waals surface area contributed by atoms with Crippen LogP contribution < -0.4 is 0 Å². The van der Waals surface area contributed by atoms with E-state index in [2.05, 4.69) is 0 Å². The molecule has 1 unspecified atom stereocenters. The number of rotatable bonds is 1. The first-order valence-corrected chi connectivity index (χ1v) is 8.69. The van der Waals surface area contributed by atoms with Crippen LogP contribution in [0.1, 0.15) is 66.2 Å². The van der Waals surface area contributed by atoms with E-state index in [1.807, 2.05) is 13.8 Å². The zero-order valence-corrected chi connectivity index (χ0v) is 14.6. The molecule has 23 heavy (non-hydrogen) atoms. The van der Waals surface area contributed by atoms with Gasteiger partial charge in [0.25, 0.3) is 0 Å². The number of hydrogen-bond acceptors (Lipinski definition) is 3. The first-order chi connectivity index (χ1) is 10.7. The molecule has 1 saturated heterocycles. The molecule has 126 valence electrons. The minimum absolute atomic E-state index is 0.000603. The van der Waals surface area contributed by atoms with Crippen LogP contribution in [-0.4, -0.2) is 33.5 Å². The van der Waals surface area contributed by atoms with Crippen LogP contribution in [0.4, 0.5) is 0 Å². The molecule has 3 rings (SSSR count). The summed E-state index contributed by atoms with van der Waals surface area (Å²) >= 11 is 0. The first kappa shape index (κ1) is 16.4. The van der Waals surface area contributed by atoms with E-state index in [1.165, 1.54) is 6.42 Å². The van der Waals surface area contributed by atoms with Gasteiger partial charge in [-0.2, -0.15) is 0 Å². The Balaban J connectivity index is 2.15. The molecule has 0 radical (unpaired) electrons. The van der Waals surface area contributed by atoms with Gasteiger partial charge in [0.2, 0.25) is 5.91 Å². The van der Waals surface area contributed by atoms with E-state index < -0.39 is 11.1 Å². The lowest BCUT2D eigenvalue weighted by Crippen LogP contribution is -2.64. The second-order valence-corrected chi connectivity index (χ2v) is 8.00. The van der Waals surface area contributed by atoms with Crippen molar-refractivity contribution in [3.8, 4) is 0 Å². The highest BCUT2D eigenvalue weighted by molar-refractivity contribution is 6.10. The molecular weight excluding hydrogens is 290 g/mol. The molecule has 1 heterocycles. The second kappa shape index (κ2) is 5.30. The molecule has 0 bridgehead atoms. The number of nitrogens with zero attached hydrogens (tertiary/aromatic N) is 1. The summed E-state index contributed by atoms with van der Waals surface area (Å²) in [6.07, 6.45) is 7.20. The lowest BCUT2D eigenvalue weighted by molar-refractivity contribution is -0.165. The standard InChI is InChI=1S/C19H27NO3/c1-12-10-19(23)17(13(2)16(12)22)18(3,4)11-15(21)20(19)14-8-6-5-7-9-14/h10,14,23H,5-9,11H2,1-4H3. The molecule has 2 fully saturated rings. The van der Waals surface area contributed by atoms with Gasteiger partial charge in [-0.15, -0.1) is 0 Å². The summed E-state index contributed by atoms with van der Waals surface area (Å²) in [5, 5.41) is 11.6. The Morgan fingerprint density at radius 3 is 2.35 bits per heavy atom. The van der Waals surface area contributed by atoms with Crippen LogP contribution in [0.2, 0.25) is 0 Å². The lowest BCUT2D eigenvalue weighted by atomic mass is 9.66. The maximum atomic E-state index is 12.9. The molecule has 1 amide bonds. The van der Waals surface area contributed by atoms with Crippen molar-refractivity contribution < 1.29 is 14.7 Å². The molecule has 1 aliphatic heterocycles. The third-order valence-corrected chi connectivity index (χ3v) is 5.71. The van der Waals surface area contributed by atoms with Crippen LogP contribution in [-0.2, 0) is 9.59 Å². The summed E-state index contributed by atoms with van der Waals surface area (Å²) in [5.41, 5.74) is -0.103. The normalized spacial score (nSPS) is 32.0. The van der Waals surface area contributed by atoms with Gasteiger partial charge in [0.05, 0.1) is 0 Å². The number of hydrogen-bond donors (Lipinski definition) is 1. The molecular formula is C19H27NO3. The fraction of sp³-hybridized carbons (Fsp3) is 0.684. The summed E-state index contributed by atoms with van der Waals surface area (Å²) in [4.78, 5) is 27.0. The van der Waals surface area contributed by atoms with Crippen LogP contribution in [0.3, 0.4) is 0 Å². The van der Waals surface area contributed by atoms with E-state index in [4.69, 9.17) is 0 Å². The van der Waals surface area contributed by atoms with E-state index in [0.29, 0.717) is 23.1 Å². The number of aliphatic hydroxyl groups is 1. The van der Waals surface area contributed by atoms with E-state index in [-0.39, 0.29) is 17.7 Å². The maximum Gasteiger partial charge on any atom is 0.226 e. The number of likely N-dealkylation sites (tertiary alicyclic amines) is 1. The molecule has 0 aromatic rings. The fourth-order valence-corrected chi connectivity index (χ4v) is 4.88. The van der Waals surface area contributed by atoms with Crippen molar-refractivity contribution in [1.82, 2.24) is 4.90 Å². The average Bonchev–Trinajstić information content (AvgIpc) is 2.44. The van der Waals surface area contributed by atoms with Crippen molar-refractivity contribution in [2.45, 2.75) is 78.0 Å². The van der Waals surface area contributed by atoms with Crippen LogP contribution in [0, 0.1) is 5.41 Å². The number of ketones is 1. The quantitative estimate of drug-likeness (QED) is 0.808. The number of carbonyl (C=O) groups is 2. The molecule has 3 aliphatic rings. The largest absolute Gasteiger partial charge is 0.364 e. The molecule has 2 aliphatic carbocycles. The summed E-state index contributed by atoms with van der Waals surface area (Å²) < 4.78 is 0. The smallest absolute Gasteiger partial charge is 0.226 e. The summed E-state index contributed by atoms with van der Waals surface area (Å²) in [6, 6.07) is 0.0670. The van der Waals surface area contributed by atoms with Crippen molar-refractivity contribution in [1.29, 1.82) is 0 Å². The number of carbonyl (C=O) groups excluding carboxylic acids is 2. The first-order valence-electron chi connectivity index (χ1n) is 8.69. The Kier molecular flexibility index (Phi) is 3.79. The monoisotopic (exact) mass is 317 g/mol. The molecule has 0 spiro atoms. The Hall–Kier alpha value is -1.42. The van der Waals surface area contributed by atoms with Gasteiger partial charge in [-0.1, -0.05) is 33.1 Å². The highest BCUT2D eigenvalue weighted by Gasteiger charge is 2.55. The second-order valence-electron chi connectivity index (χ2n) is 8.00. The molecule has 4 nitrogen and oxygen atoms in total. The van der Waals surface area contributed by atoms with Gasteiger partial charge in [0.15, 0.2) is 11.5 Å². The van der Waals surface area contributed by atoms with Gasteiger partial charge < -0.3 is 10.0 Å². The third-order valence-electron chi connectivity index (χ3n) is 5.71. The molecule has 1 saturated carbocycles. The van der Waals surface area contributed by atoms with Crippen molar-refractivity contribution >= 4 is 11.7 Å². The molecule has 0 aromatic heterocycles. The predicted octanol–water partition coefficient (Wildman–Crippen LogP) is 3.11. The predicted molar refractivity (Wildman–Crippen MR) is 88.5 cm³/mol. The Labute approximate surface area is 138 Å². The van der Waals surface area contributed by atoms with Crippen LogP contribution in [0.25, 0.3) is 0 Å². The van der Waals surface area contributed by atoms with Gasteiger partial charge in [-0.05, 0) is 43.9 Å². The highest BCUT2D eigenvalue weighted by atomic mass is 16.3. The molecule has 1 atom stereocenters. The van der Waals surface area contributed by atoms with Gasteiger partial charge in [-0.3, -0.25) is 9.59 Å². The Morgan fingerprint density at radius 2 is 1.74 bits per heavy atom. The fourth-order valence-electron chi connectivity index (χ4n) is 4.88. The van der Waals surface area contributed by atoms with Crippen LogP contribution >= 0.6 is 0 Å². The number of allylic oxidation sites excluding steroid dienone is 2. The zero-order chi connectivity index (χ0) is 17.0. The van der Waals surface area contributed by atoms with Crippen molar-refractivity contribution in [2.75, 3.05) is 0 Å². The minimum Gasteiger partial charge on any atom is -0.364 e. The van der Waals surface area contributed by atoms with Crippen LogP contribution in [0.5, 0.6) is 0 Å². The number of piperidine rings is 1. The Morgan fingerprint density at radius 1 is 1.13 bits per heavy atom. The third kappa shape index (κ3) is 2.38. The van der Waals surface area contributed by atoms with E-state index in [1.54, 1.807) is 24.8 Å². The number of fused-ring (bicyclic) bond motifs is 1. The van der Waals surface area contributed by atoms with Crippen molar-refractivity contribution in [2.24, 2.45) is 5.41 Å². The summed E-state index contributed by atoms with van der Waals surface area (Å²) in [5.74, 6) is -0.0185. The number of amides is 1. The topological polar surface area (TPSA) is 57.6 Å². The lowest BCUT2D eigenvalue weighted by Gasteiger charge is -2.55. The van der Waals surface area contributed by atoms with Gasteiger partial charge >= 0.3 is 0 Å². The summed E-state index contributed by atoms with van der Waals surface area (Å²) in [7, 11) is 0. The van der Waals surface area contributed by atoms with E-state index in [9.17, 15) is 14.7 Å². The van der Waals surface area contributed by atoms with Crippen molar-refractivity contribution in [3.63, 3.8) is 0 Å². The maximum absolute atomic E-state index is 12.9. The molecule has 4 heteroatoms. The molecule has 0 aromatic carbocycles. The average molecular weight is 317 g/mol. The van der Waals surface area contributed by atoms with E-state index in [0.717, 1.165) is 25.7 Å². The Bertz CT molecular complexity index is 623. The number of Topliss-reactive ketones (excluding diaryl/α,β-unsaturated/α-hetero) is 1. The minimum atomic E-state index is -1.44. The van der Waals surface area contributed by atoms with Gasteiger partial charge in [0.1, 0.15) is 0 Å². The highest BCUT2D eigenvalue weighted by Crippen LogP contribution is 2.51. The summed E-state index contributed by atoms with van der Waals surface area (Å²) in [6.45, 7) is 7.42. The molecule has 1 N–H and O–H groups in total. The van der Waals surface area contributed by atoms with E-state index >= 15 is 0 Å². The zero-order valence-electron chi connectivity index (χ0n) is 14.6. The van der Waals surface area contributed by atoms with Crippen LogP contribution in [0.15, 0.2) is 22.8 Å². The van der Waals surface area contributed by atoms with Gasteiger partial charge in [0, 0.05) is 23.5 Å². The SMILES string of the molecule is CC1=CC2(O)C(=C(C)C1=O)C(C)(C)CC(=O)N2C1CCCCC1.